The van der Waals surface area contributed by atoms with E-state index in [-0.39, 0.29) is 22.2 Å². The highest BCUT2D eigenvalue weighted by molar-refractivity contribution is 8.00. The van der Waals surface area contributed by atoms with Gasteiger partial charge in [-0.3, -0.25) is 14.3 Å². The molecule has 0 spiro atoms. The number of aromatic nitrogens is 2. The molecular weight excluding hydrogens is 401 g/mol. The van der Waals surface area contributed by atoms with Gasteiger partial charge < -0.3 is 5.32 Å². The number of carbonyl (C=O) groups is 1. The Labute approximate surface area is 171 Å². The van der Waals surface area contributed by atoms with E-state index >= 15 is 0 Å². The molecule has 0 saturated heterocycles. The van der Waals surface area contributed by atoms with Crippen molar-refractivity contribution in [1.29, 1.82) is 0 Å². The summed E-state index contributed by atoms with van der Waals surface area (Å²) < 4.78 is 16.5. The lowest BCUT2D eigenvalue weighted by Gasteiger charge is -2.11. The number of para-hydroxylation sites is 1. The van der Waals surface area contributed by atoms with E-state index in [4.69, 9.17) is 11.6 Å². The highest BCUT2D eigenvalue weighted by Gasteiger charge is 2.21. The quantitative estimate of drug-likeness (QED) is 0.624. The molecule has 1 aromatic heterocycles. The van der Waals surface area contributed by atoms with Crippen LogP contribution in [-0.2, 0) is 11.8 Å². The Morgan fingerprint density at radius 2 is 1.89 bits per heavy atom. The minimum absolute atomic E-state index is 0.00209. The van der Waals surface area contributed by atoms with E-state index in [0.717, 1.165) is 0 Å². The van der Waals surface area contributed by atoms with Crippen LogP contribution in [-0.4, -0.2) is 20.5 Å². The highest BCUT2D eigenvalue weighted by atomic mass is 35.5. The van der Waals surface area contributed by atoms with Crippen molar-refractivity contribution < 1.29 is 9.18 Å². The van der Waals surface area contributed by atoms with Crippen molar-refractivity contribution in [2.24, 2.45) is 7.05 Å². The summed E-state index contributed by atoms with van der Waals surface area (Å²) in [5.41, 5.74) is 1.29. The van der Waals surface area contributed by atoms with Crippen molar-refractivity contribution in [3.8, 4) is 5.69 Å². The smallest absolute Gasteiger partial charge is 0.295 e. The zero-order chi connectivity index (χ0) is 20.4. The maximum absolute atomic E-state index is 13.3. The number of rotatable bonds is 5. The maximum atomic E-state index is 13.3. The third-order valence-corrected chi connectivity index (χ3v) is 5.76. The first-order valence-electron chi connectivity index (χ1n) is 8.56. The fraction of sp³-hybridized carbons (Fsp3) is 0.200. The number of benzene rings is 2. The number of amides is 1. The molecule has 1 N–H and O–H groups in total. The van der Waals surface area contributed by atoms with Crippen molar-refractivity contribution in [1.82, 2.24) is 9.36 Å². The van der Waals surface area contributed by atoms with Crippen LogP contribution in [0.5, 0.6) is 0 Å². The number of anilines is 1. The number of nitrogens with zero attached hydrogens (tertiary/aromatic N) is 2. The van der Waals surface area contributed by atoms with Gasteiger partial charge in [-0.25, -0.2) is 9.07 Å². The van der Waals surface area contributed by atoms with Crippen LogP contribution in [0, 0.1) is 12.7 Å². The SMILES string of the molecule is Cc1c(NC(=O)C(C)Sc2ccc(F)c(Cl)c2)c(=O)n(-c2ccccc2)n1C. The van der Waals surface area contributed by atoms with Crippen LogP contribution in [0.15, 0.2) is 58.2 Å². The summed E-state index contributed by atoms with van der Waals surface area (Å²) in [7, 11) is 1.76. The van der Waals surface area contributed by atoms with Crippen molar-refractivity contribution >= 4 is 35.0 Å². The molecule has 0 aliphatic carbocycles. The number of carbonyl (C=O) groups excluding carboxylic acids is 1. The molecule has 0 aliphatic rings. The van der Waals surface area contributed by atoms with Crippen molar-refractivity contribution in [2.75, 3.05) is 5.32 Å². The van der Waals surface area contributed by atoms with Gasteiger partial charge in [-0.15, -0.1) is 11.8 Å². The number of nitrogens with one attached hydrogen (secondary N) is 1. The summed E-state index contributed by atoms with van der Waals surface area (Å²) in [6.45, 7) is 3.49. The van der Waals surface area contributed by atoms with Crippen LogP contribution >= 0.6 is 23.4 Å². The summed E-state index contributed by atoms with van der Waals surface area (Å²) in [5, 5.41) is 2.23. The minimum Gasteiger partial charge on any atom is -0.319 e. The molecule has 0 aliphatic heterocycles. The highest BCUT2D eigenvalue weighted by Crippen LogP contribution is 2.28. The second kappa shape index (κ2) is 8.24. The molecule has 3 rings (SSSR count). The third kappa shape index (κ3) is 4.00. The molecule has 28 heavy (non-hydrogen) atoms. The molecule has 1 unspecified atom stereocenters. The summed E-state index contributed by atoms with van der Waals surface area (Å²) >= 11 is 7.02. The van der Waals surface area contributed by atoms with Gasteiger partial charge in [-0.05, 0) is 44.2 Å². The van der Waals surface area contributed by atoms with Gasteiger partial charge in [-0.2, -0.15) is 0 Å². The molecule has 0 bridgehead atoms. The molecule has 0 radical (unpaired) electrons. The van der Waals surface area contributed by atoms with Crippen LogP contribution in [0.3, 0.4) is 0 Å². The molecule has 0 fully saturated rings. The maximum Gasteiger partial charge on any atom is 0.295 e. The number of thioether (sulfide) groups is 1. The van der Waals surface area contributed by atoms with E-state index in [0.29, 0.717) is 16.3 Å². The summed E-state index contributed by atoms with van der Waals surface area (Å²) in [6.07, 6.45) is 0. The minimum atomic E-state index is -0.510. The lowest BCUT2D eigenvalue weighted by Crippen LogP contribution is -2.27. The topological polar surface area (TPSA) is 56.0 Å². The van der Waals surface area contributed by atoms with Gasteiger partial charge in [0.1, 0.15) is 11.5 Å². The Morgan fingerprint density at radius 3 is 2.54 bits per heavy atom. The van der Waals surface area contributed by atoms with E-state index in [1.165, 1.54) is 28.6 Å². The molecule has 146 valence electrons. The third-order valence-electron chi connectivity index (χ3n) is 4.38. The van der Waals surface area contributed by atoms with E-state index in [9.17, 15) is 14.0 Å². The predicted octanol–water partition coefficient (Wildman–Crippen LogP) is 4.40. The van der Waals surface area contributed by atoms with Crippen LogP contribution in [0.1, 0.15) is 12.6 Å². The van der Waals surface area contributed by atoms with Crippen LogP contribution in [0.25, 0.3) is 5.69 Å². The van der Waals surface area contributed by atoms with Crippen LogP contribution in [0.2, 0.25) is 5.02 Å². The lowest BCUT2D eigenvalue weighted by molar-refractivity contribution is -0.115. The summed E-state index contributed by atoms with van der Waals surface area (Å²) in [4.78, 5) is 26.2. The first kappa shape index (κ1) is 20.2. The fourth-order valence-electron chi connectivity index (χ4n) is 2.74. The van der Waals surface area contributed by atoms with Gasteiger partial charge in [0.2, 0.25) is 5.91 Å². The molecule has 0 saturated carbocycles. The van der Waals surface area contributed by atoms with Gasteiger partial charge in [0.15, 0.2) is 0 Å². The molecule has 3 aromatic rings. The van der Waals surface area contributed by atoms with E-state index in [1.54, 1.807) is 31.6 Å². The average molecular weight is 420 g/mol. The molecular formula is C20H19ClFN3O2S. The average Bonchev–Trinajstić information content (AvgIpc) is 2.88. The number of halogens is 2. The number of hydrogen-bond donors (Lipinski definition) is 1. The van der Waals surface area contributed by atoms with E-state index < -0.39 is 11.1 Å². The Morgan fingerprint density at radius 1 is 1.21 bits per heavy atom. The van der Waals surface area contributed by atoms with Gasteiger partial charge >= 0.3 is 0 Å². The molecule has 1 heterocycles. The van der Waals surface area contributed by atoms with Crippen molar-refractivity contribution in [3.63, 3.8) is 0 Å². The molecule has 1 atom stereocenters. The molecule has 5 nitrogen and oxygen atoms in total. The molecule has 1 amide bonds. The number of hydrogen-bond acceptors (Lipinski definition) is 3. The monoisotopic (exact) mass is 419 g/mol. The van der Waals surface area contributed by atoms with Gasteiger partial charge in [0.25, 0.3) is 5.56 Å². The van der Waals surface area contributed by atoms with Crippen molar-refractivity contribution in [3.05, 3.63) is 75.4 Å². The largest absolute Gasteiger partial charge is 0.319 e. The first-order chi connectivity index (χ1) is 13.3. The Balaban J connectivity index is 1.82. The first-order valence-corrected chi connectivity index (χ1v) is 9.82. The van der Waals surface area contributed by atoms with E-state index in [1.807, 2.05) is 30.3 Å². The van der Waals surface area contributed by atoms with E-state index in [2.05, 4.69) is 5.32 Å². The fourth-order valence-corrected chi connectivity index (χ4v) is 3.90. The predicted molar refractivity (Wildman–Crippen MR) is 111 cm³/mol. The molecule has 8 heteroatoms. The van der Waals surface area contributed by atoms with Gasteiger partial charge in [0, 0.05) is 11.9 Å². The van der Waals surface area contributed by atoms with Crippen LogP contribution in [0.4, 0.5) is 10.1 Å². The standard InChI is InChI=1S/C20H19ClFN3O2S/c1-12-18(20(27)25(24(12)3)14-7-5-4-6-8-14)23-19(26)13(2)28-15-9-10-17(22)16(21)11-15/h4-11,13H,1-3H3,(H,23,26). The second-order valence-corrected chi connectivity index (χ2v) is 8.08. The molecule has 2 aromatic carbocycles. The Hall–Kier alpha value is -2.51. The second-order valence-electron chi connectivity index (χ2n) is 6.26. The van der Waals surface area contributed by atoms with Crippen molar-refractivity contribution in [2.45, 2.75) is 24.0 Å². The van der Waals surface area contributed by atoms with Crippen LogP contribution < -0.4 is 10.9 Å². The summed E-state index contributed by atoms with van der Waals surface area (Å²) in [6, 6.07) is 13.5. The zero-order valence-corrected chi connectivity index (χ0v) is 17.1. The summed E-state index contributed by atoms with van der Waals surface area (Å²) in [5.74, 6) is -0.832. The normalized spacial score (nSPS) is 12.0. The Bertz CT molecular complexity index is 1080. The zero-order valence-electron chi connectivity index (χ0n) is 15.6. The lowest BCUT2D eigenvalue weighted by atomic mass is 10.3. The van der Waals surface area contributed by atoms with Gasteiger partial charge in [-0.1, -0.05) is 29.8 Å². The van der Waals surface area contributed by atoms with Gasteiger partial charge in [0.05, 0.1) is 21.7 Å². The Kier molecular flexibility index (Phi) is 5.96.